The summed E-state index contributed by atoms with van der Waals surface area (Å²) in [5, 5.41) is 10.6. The van der Waals surface area contributed by atoms with E-state index in [1.165, 1.54) is 11.3 Å². The molecule has 1 saturated heterocycles. The summed E-state index contributed by atoms with van der Waals surface area (Å²) in [7, 11) is -3.34. The van der Waals surface area contributed by atoms with Gasteiger partial charge in [0.25, 0.3) is 0 Å². The maximum atomic E-state index is 12.0. The lowest BCUT2D eigenvalue weighted by Crippen LogP contribution is -2.31. The molecule has 2 heterocycles. The van der Waals surface area contributed by atoms with Crippen molar-refractivity contribution in [3.63, 3.8) is 0 Å². The van der Waals surface area contributed by atoms with Crippen LogP contribution in [-0.4, -0.2) is 38.6 Å². The SMILES string of the molecule is O=S(=O)(CC1CCCO1)NCc1sccc1C#CCCO. The zero-order chi connectivity index (χ0) is 15.1. The number of rotatable bonds is 6. The fourth-order valence-corrected chi connectivity index (χ4v) is 4.15. The van der Waals surface area contributed by atoms with E-state index in [-0.39, 0.29) is 25.0 Å². The number of thiophene rings is 1. The van der Waals surface area contributed by atoms with Crippen molar-refractivity contribution < 1.29 is 18.3 Å². The number of ether oxygens (including phenoxy) is 1. The first-order valence-corrected chi connectivity index (χ1v) is 9.39. The second-order valence-corrected chi connectivity index (χ2v) is 7.62. The Labute approximate surface area is 129 Å². The molecule has 0 amide bonds. The number of aliphatic hydroxyl groups excluding tert-OH is 1. The fraction of sp³-hybridized carbons (Fsp3) is 0.571. The monoisotopic (exact) mass is 329 g/mol. The first-order chi connectivity index (χ1) is 10.1. The van der Waals surface area contributed by atoms with E-state index in [9.17, 15) is 8.42 Å². The smallest absolute Gasteiger partial charge is 0.214 e. The summed E-state index contributed by atoms with van der Waals surface area (Å²) < 4.78 is 32.0. The lowest BCUT2D eigenvalue weighted by molar-refractivity contribution is 0.127. The van der Waals surface area contributed by atoms with Crippen LogP contribution >= 0.6 is 11.3 Å². The molecule has 1 aliphatic heterocycles. The predicted octanol–water partition coefficient (Wildman–Crippen LogP) is 1.08. The Morgan fingerprint density at radius 2 is 2.38 bits per heavy atom. The van der Waals surface area contributed by atoms with Gasteiger partial charge < -0.3 is 9.84 Å². The standard InChI is InChI=1S/C14H19NO4S2/c16-7-2-1-4-12-6-9-20-14(12)10-15-21(17,18)11-13-5-3-8-19-13/h6,9,13,15-16H,2-3,5,7-8,10-11H2. The number of hydrogen-bond acceptors (Lipinski definition) is 5. The zero-order valence-corrected chi connectivity index (χ0v) is 13.3. The predicted molar refractivity (Wildman–Crippen MR) is 82.5 cm³/mol. The van der Waals surface area contributed by atoms with E-state index in [2.05, 4.69) is 16.6 Å². The molecule has 1 aliphatic rings. The van der Waals surface area contributed by atoms with E-state index in [1.807, 2.05) is 11.4 Å². The van der Waals surface area contributed by atoms with Gasteiger partial charge in [0.2, 0.25) is 10.0 Å². The third-order valence-corrected chi connectivity index (χ3v) is 5.40. The number of nitrogens with one attached hydrogen (secondary N) is 1. The molecule has 0 saturated carbocycles. The molecule has 0 radical (unpaired) electrons. The van der Waals surface area contributed by atoms with Crippen molar-refractivity contribution in [1.29, 1.82) is 0 Å². The molecule has 5 nitrogen and oxygen atoms in total. The fourth-order valence-electron chi connectivity index (χ4n) is 2.06. The molecule has 2 N–H and O–H groups in total. The second-order valence-electron chi connectivity index (χ2n) is 4.77. The van der Waals surface area contributed by atoms with Gasteiger partial charge in [-0.2, -0.15) is 0 Å². The van der Waals surface area contributed by atoms with Crippen LogP contribution in [0.1, 0.15) is 29.7 Å². The van der Waals surface area contributed by atoms with Crippen LogP contribution in [-0.2, 0) is 21.3 Å². The Hall–Kier alpha value is -0.910. The van der Waals surface area contributed by atoms with Gasteiger partial charge in [0, 0.05) is 30.0 Å². The van der Waals surface area contributed by atoms with Gasteiger partial charge in [-0.3, -0.25) is 0 Å². The van der Waals surface area contributed by atoms with Crippen molar-refractivity contribution >= 4 is 21.4 Å². The van der Waals surface area contributed by atoms with Gasteiger partial charge in [-0.05, 0) is 24.3 Å². The van der Waals surface area contributed by atoms with Crippen molar-refractivity contribution in [3.05, 3.63) is 21.9 Å². The highest BCUT2D eigenvalue weighted by Crippen LogP contribution is 2.17. The molecule has 1 aromatic heterocycles. The third kappa shape index (κ3) is 5.41. The van der Waals surface area contributed by atoms with Crippen LogP contribution in [0.5, 0.6) is 0 Å². The summed E-state index contributed by atoms with van der Waals surface area (Å²) in [5.41, 5.74) is 0.813. The lowest BCUT2D eigenvalue weighted by atomic mass is 10.2. The molecule has 0 bridgehead atoms. The molecule has 1 unspecified atom stereocenters. The molecule has 0 aliphatic carbocycles. The van der Waals surface area contributed by atoms with Crippen LogP contribution < -0.4 is 4.72 Å². The summed E-state index contributed by atoms with van der Waals surface area (Å²) in [6, 6.07) is 1.86. The van der Waals surface area contributed by atoms with Crippen LogP contribution in [0.25, 0.3) is 0 Å². The average Bonchev–Trinajstić information content (AvgIpc) is 3.08. The third-order valence-electron chi connectivity index (χ3n) is 3.09. The van der Waals surface area contributed by atoms with Crippen LogP contribution in [0.4, 0.5) is 0 Å². The minimum absolute atomic E-state index is 0.0178. The molecule has 2 rings (SSSR count). The largest absolute Gasteiger partial charge is 0.395 e. The van der Waals surface area contributed by atoms with Gasteiger partial charge in [-0.1, -0.05) is 11.8 Å². The molecule has 21 heavy (non-hydrogen) atoms. The van der Waals surface area contributed by atoms with Gasteiger partial charge in [0.1, 0.15) is 0 Å². The molecule has 1 fully saturated rings. The highest BCUT2D eigenvalue weighted by atomic mass is 32.2. The minimum Gasteiger partial charge on any atom is -0.395 e. The van der Waals surface area contributed by atoms with Crippen LogP contribution in [0.3, 0.4) is 0 Å². The molecule has 1 aromatic rings. The van der Waals surface area contributed by atoms with Crippen molar-refractivity contribution in [1.82, 2.24) is 4.72 Å². The summed E-state index contributed by atoms with van der Waals surface area (Å²) in [4.78, 5) is 0.886. The molecular weight excluding hydrogens is 310 g/mol. The van der Waals surface area contributed by atoms with Crippen molar-refractivity contribution in [2.24, 2.45) is 0 Å². The van der Waals surface area contributed by atoms with Gasteiger partial charge in [-0.15, -0.1) is 11.3 Å². The Balaban J connectivity index is 1.90. The van der Waals surface area contributed by atoms with Crippen LogP contribution in [0.2, 0.25) is 0 Å². The molecular formula is C14H19NO4S2. The molecule has 0 spiro atoms. The molecule has 7 heteroatoms. The van der Waals surface area contributed by atoms with Crippen LogP contribution in [0, 0.1) is 11.8 Å². The quantitative estimate of drug-likeness (QED) is 0.766. The Kier molecular flexibility index (Phi) is 6.21. The maximum absolute atomic E-state index is 12.0. The summed E-state index contributed by atoms with van der Waals surface area (Å²) >= 11 is 1.47. The molecule has 0 aromatic carbocycles. The van der Waals surface area contributed by atoms with Gasteiger partial charge in [-0.25, -0.2) is 13.1 Å². The van der Waals surface area contributed by atoms with Crippen molar-refractivity contribution in [2.75, 3.05) is 19.0 Å². The van der Waals surface area contributed by atoms with E-state index >= 15 is 0 Å². The van der Waals surface area contributed by atoms with Gasteiger partial charge >= 0.3 is 0 Å². The Morgan fingerprint density at radius 1 is 1.52 bits per heavy atom. The van der Waals surface area contributed by atoms with E-state index in [4.69, 9.17) is 9.84 Å². The zero-order valence-electron chi connectivity index (χ0n) is 11.7. The van der Waals surface area contributed by atoms with E-state index in [1.54, 1.807) is 0 Å². The topological polar surface area (TPSA) is 75.6 Å². The number of sulfonamides is 1. The highest BCUT2D eigenvalue weighted by Gasteiger charge is 2.23. The van der Waals surface area contributed by atoms with Gasteiger partial charge in [0.15, 0.2) is 0 Å². The second kappa shape index (κ2) is 7.92. The van der Waals surface area contributed by atoms with Crippen molar-refractivity contribution in [3.8, 4) is 11.8 Å². The van der Waals surface area contributed by atoms with E-state index in [0.29, 0.717) is 13.0 Å². The summed E-state index contributed by atoms with van der Waals surface area (Å²) in [6.07, 6.45) is 1.96. The average molecular weight is 329 g/mol. The Morgan fingerprint density at radius 3 is 3.10 bits per heavy atom. The lowest BCUT2D eigenvalue weighted by Gasteiger charge is -2.10. The normalized spacial score (nSPS) is 18.4. The van der Waals surface area contributed by atoms with E-state index < -0.39 is 10.0 Å². The Bertz CT molecular complexity index is 606. The summed E-state index contributed by atoms with van der Waals surface area (Å²) in [5.74, 6) is 5.81. The highest BCUT2D eigenvalue weighted by molar-refractivity contribution is 7.89. The van der Waals surface area contributed by atoms with Crippen molar-refractivity contribution in [2.45, 2.75) is 31.9 Å². The van der Waals surface area contributed by atoms with Gasteiger partial charge in [0.05, 0.1) is 18.5 Å². The first kappa shape index (κ1) is 16.5. The maximum Gasteiger partial charge on any atom is 0.214 e. The number of aliphatic hydroxyl groups is 1. The molecule has 116 valence electrons. The minimum atomic E-state index is -3.34. The first-order valence-electron chi connectivity index (χ1n) is 6.86. The summed E-state index contributed by atoms with van der Waals surface area (Å²) in [6.45, 7) is 0.923. The van der Waals surface area contributed by atoms with Crippen LogP contribution in [0.15, 0.2) is 11.4 Å². The van der Waals surface area contributed by atoms with E-state index in [0.717, 1.165) is 23.3 Å². The number of hydrogen-bond donors (Lipinski definition) is 2. The molecule has 1 atom stereocenters.